The van der Waals surface area contributed by atoms with Crippen LogP contribution in [0.3, 0.4) is 0 Å². The summed E-state index contributed by atoms with van der Waals surface area (Å²) in [6, 6.07) is 14.3. The molecular weight excluding hydrogens is 248 g/mol. The fourth-order valence-corrected chi connectivity index (χ4v) is 2.22. The molecule has 0 fully saturated rings. The number of allylic oxidation sites excluding steroid dienone is 1. The molecule has 0 aliphatic rings. The lowest BCUT2D eigenvalue weighted by atomic mass is 10.0. The maximum Gasteiger partial charge on any atom is 0.127 e. The molecule has 0 heterocycles. The number of hydrogen-bond donors (Lipinski definition) is 0. The maximum absolute atomic E-state index is 5.70. The Labute approximate surface area is 120 Å². The van der Waals surface area contributed by atoms with Gasteiger partial charge in [-0.05, 0) is 31.0 Å². The van der Waals surface area contributed by atoms with Crippen molar-refractivity contribution in [3.05, 3.63) is 60.7 Å². The minimum atomic E-state index is 0.647. The average Bonchev–Trinajstić information content (AvgIpc) is 2.48. The largest absolute Gasteiger partial charge is 0.496 e. The topological polar surface area (TPSA) is 18.5 Å². The zero-order chi connectivity index (χ0) is 14.4. The van der Waals surface area contributed by atoms with Gasteiger partial charge in [-0.2, -0.15) is 0 Å². The molecule has 2 aromatic rings. The van der Waals surface area contributed by atoms with Crippen LogP contribution in [0.4, 0.5) is 0 Å². The average molecular weight is 268 g/mol. The van der Waals surface area contributed by atoms with Crippen LogP contribution in [0.25, 0.3) is 11.1 Å². The molecule has 0 aliphatic heterocycles. The molecule has 0 spiro atoms. The Hall–Kier alpha value is -2.22. The molecule has 0 atom stereocenters. The second kappa shape index (κ2) is 6.80. The van der Waals surface area contributed by atoms with Crippen molar-refractivity contribution in [3.8, 4) is 22.6 Å². The highest BCUT2D eigenvalue weighted by atomic mass is 16.5. The lowest BCUT2D eigenvalue weighted by Crippen LogP contribution is -1.96. The summed E-state index contributed by atoms with van der Waals surface area (Å²) in [5.41, 5.74) is 3.29. The zero-order valence-corrected chi connectivity index (χ0v) is 12.1. The number of benzene rings is 2. The van der Waals surface area contributed by atoms with Gasteiger partial charge in [-0.25, -0.2) is 0 Å². The molecule has 2 rings (SSSR count). The third kappa shape index (κ3) is 3.02. The predicted octanol–water partition coefficient (Wildman–Crippen LogP) is 4.49. The monoisotopic (exact) mass is 268 g/mol. The molecule has 2 aromatic carbocycles. The molecule has 0 amide bonds. The van der Waals surface area contributed by atoms with E-state index in [2.05, 4.69) is 30.8 Å². The van der Waals surface area contributed by atoms with Gasteiger partial charge in [-0.15, -0.1) is 6.58 Å². The molecule has 0 N–H and O–H groups in total. The van der Waals surface area contributed by atoms with Gasteiger partial charge in [0.05, 0.1) is 13.7 Å². The first-order chi connectivity index (χ1) is 9.80. The molecule has 0 bridgehead atoms. The third-order valence-electron chi connectivity index (χ3n) is 3.12. The number of hydrogen-bond acceptors (Lipinski definition) is 2. The minimum absolute atomic E-state index is 0.647. The van der Waals surface area contributed by atoms with Crippen LogP contribution in [-0.2, 0) is 6.42 Å². The minimum Gasteiger partial charge on any atom is -0.496 e. The van der Waals surface area contributed by atoms with Gasteiger partial charge in [-0.1, -0.05) is 36.4 Å². The second-order valence-electron chi connectivity index (χ2n) is 4.46. The van der Waals surface area contributed by atoms with Crippen molar-refractivity contribution in [1.82, 2.24) is 0 Å². The van der Waals surface area contributed by atoms with Gasteiger partial charge in [0.2, 0.25) is 0 Å². The zero-order valence-electron chi connectivity index (χ0n) is 12.1. The summed E-state index contributed by atoms with van der Waals surface area (Å²) in [7, 11) is 1.69. The summed E-state index contributed by atoms with van der Waals surface area (Å²) in [6.07, 6.45) is 2.73. The van der Waals surface area contributed by atoms with E-state index in [1.54, 1.807) is 7.11 Å². The summed E-state index contributed by atoms with van der Waals surface area (Å²) in [6.45, 7) is 6.40. The standard InChI is InChI=1S/C18H20O2/c1-4-8-14-11-12-16(18(13-14)19-3)15-9-6-7-10-17(15)20-5-2/h4,6-7,9-13H,1,5,8H2,2-3H3. The molecule has 2 nitrogen and oxygen atoms in total. The molecule has 0 unspecified atom stereocenters. The lowest BCUT2D eigenvalue weighted by molar-refractivity contribution is 0.341. The highest BCUT2D eigenvalue weighted by molar-refractivity contribution is 5.76. The molecule has 0 saturated heterocycles. The predicted molar refractivity (Wildman–Crippen MR) is 83.5 cm³/mol. The lowest BCUT2D eigenvalue weighted by Gasteiger charge is -2.14. The van der Waals surface area contributed by atoms with Crippen molar-refractivity contribution in [2.75, 3.05) is 13.7 Å². The molecule has 0 saturated carbocycles. The SMILES string of the molecule is C=CCc1ccc(-c2ccccc2OCC)c(OC)c1. The van der Waals surface area contributed by atoms with Crippen molar-refractivity contribution < 1.29 is 9.47 Å². The van der Waals surface area contributed by atoms with E-state index in [1.165, 1.54) is 5.56 Å². The third-order valence-corrected chi connectivity index (χ3v) is 3.12. The first-order valence-electron chi connectivity index (χ1n) is 6.80. The summed E-state index contributed by atoms with van der Waals surface area (Å²) < 4.78 is 11.2. The Morgan fingerprint density at radius 3 is 2.50 bits per heavy atom. The van der Waals surface area contributed by atoms with Gasteiger partial charge in [-0.3, -0.25) is 0 Å². The Morgan fingerprint density at radius 1 is 1.05 bits per heavy atom. The van der Waals surface area contributed by atoms with Crippen LogP contribution < -0.4 is 9.47 Å². The highest BCUT2D eigenvalue weighted by Crippen LogP contribution is 2.36. The van der Waals surface area contributed by atoms with Crippen molar-refractivity contribution in [3.63, 3.8) is 0 Å². The van der Waals surface area contributed by atoms with Crippen LogP contribution in [0.2, 0.25) is 0 Å². The quantitative estimate of drug-likeness (QED) is 0.719. The Morgan fingerprint density at radius 2 is 1.80 bits per heavy atom. The van der Waals surface area contributed by atoms with E-state index in [0.29, 0.717) is 6.61 Å². The van der Waals surface area contributed by atoms with Crippen LogP contribution in [0.1, 0.15) is 12.5 Å². The second-order valence-corrected chi connectivity index (χ2v) is 4.46. The fraction of sp³-hybridized carbons (Fsp3) is 0.222. The van der Waals surface area contributed by atoms with E-state index in [-0.39, 0.29) is 0 Å². The van der Waals surface area contributed by atoms with Crippen LogP contribution in [0.5, 0.6) is 11.5 Å². The van der Waals surface area contributed by atoms with Crippen LogP contribution >= 0.6 is 0 Å². The summed E-state index contributed by atoms with van der Waals surface area (Å²) in [4.78, 5) is 0. The number of methoxy groups -OCH3 is 1. The first kappa shape index (κ1) is 14.2. The molecule has 2 heteroatoms. The highest BCUT2D eigenvalue weighted by Gasteiger charge is 2.11. The van der Waals surface area contributed by atoms with Gasteiger partial charge in [0.15, 0.2) is 0 Å². The van der Waals surface area contributed by atoms with E-state index in [4.69, 9.17) is 9.47 Å². The normalized spacial score (nSPS) is 10.1. The Kier molecular flexibility index (Phi) is 4.83. The first-order valence-corrected chi connectivity index (χ1v) is 6.80. The maximum atomic E-state index is 5.70. The van der Waals surface area contributed by atoms with Crippen LogP contribution in [0.15, 0.2) is 55.1 Å². The van der Waals surface area contributed by atoms with Gasteiger partial charge in [0, 0.05) is 11.1 Å². The summed E-state index contributed by atoms with van der Waals surface area (Å²) >= 11 is 0. The fourth-order valence-electron chi connectivity index (χ4n) is 2.22. The summed E-state index contributed by atoms with van der Waals surface area (Å²) in [5.74, 6) is 1.74. The van der Waals surface area contributed by atoms with E-state index in [1.807, 2.05) is 31.2 Å². The number of rotatable bonds is 6. The molecule has 0 aliphatic carbocycles. The van der Waals surface area contributed by atoms with Crippen molar-refractivity contribution in [1.29, 1.82) is 0 Å². The molecule has 0 aromatic heterocycles. The van der Waals surface area contributed by atoms with E-state index in [0.717, 1.165) is 29.0 Å². The Balaban J connectivity index is 2.49. The van der Waals surface area contributed by atoms with Crippen molar-refractivity contribution >= 4 is 0 Å². The molecule has 20 heavy (non-hydrogen) atoms. The molecule has 0 radical (unpaired) electrons. The van der Waals surface area contributed by atoms with Gasteiger partial charge in [0.25, 0.3) is 0 Å². The summed E-state index contributed by atoms with van der Waals surface area (Å²) in [5, 5.41) is 0. The van der Waals surface area contributed by atoms with Crippen molar-refractivity contribution in [2.45, 2.75) is 13.3 Å². The van der Waals surface area contributed by atoms with Gasteiger partial charge < -0.3 is 9.47 Å². The Bertz CT molecular complexity index is 588. The van der Waals surface area contributed by atoms with Crippen LogP contribution in [0, 0.1) is 0 Å². The number of ether oxygens (including phenoxy) is 2. The van der Waals surface area contributed by atoms with Crippen LogP contribution in [-0.4, -0.2) is 13.7 Å². The van der Waals surface area contributed by atoms with Crippen molar-refractivity contribution in [2.24, 2.45) is 0 Å². The van der Waals surface area contributed by atoms with E-state index >= 15 is 0 Å². The smallest absolute Gasteiger partial charge is 0.127 e. The number of para-hydroxylation sites is 1. The van der Waals surface area contributed by atoms with E-state index < -0.39 is 0 Å². The van der Waals surface area contributed by atoms with Gasteiger partial charge >= 0.3 is 0 Å². The molecule has 104 valence electrons. The van der Waals surface area contributed by atoms with E-state index in [9.17, 15) is 0 Å². The van der Waals surface area contributed by atoms with Gasteiger partial charge in [0.1, 0.15) is 11.5 Å². The molecular formula is C18H20O2.